The third-order valence-corrected chi connectivity index (χ3v) is 4.18. The van der Waals surface area contributed by atoms with Crippen molar-refractivity contribution in [3.05, 3.63) is 51.7 Å². The Hall–Kier alpha value is -1.65. The van der Waals surface area contributed by atoms with Gasteiger partial charge in [0, 0.05) is 12.2 Å². The zero-order valence-corrected chi connectivity index (χ0v) is 13.7. The molecule has 2 rings (SSSR count). The molecule has 0 radical (unpaired) electrons. The normalized spacial score (nSPS) is 10.9. The Morgan fingerprint density at radius 2 is 2.14 bits per heavy atom. The highest BCUT2D eigenvalue weighted by Gasteiger charge is 2.11. The zero-order chi connectivity index (χ0) is 15.2. The summed E-state index contributed by atoms with van der Waals surface area (Å²) < 4.78 is 0. The lowest BCUT2D eigenvalue weighted by Crippen LogP contribution is -2.30. The lowest BCUT2D eigenvalue weighted by molar-refractivity contribution is -0.117. The quantitative estimate of drug-likeness (QED) is 0.882. The fourth-order valence-electron chi connectivity index (χ4n) is 2.38. The van der Waals surface area contributed by atoms with Gasteiger partial charge in [0.15, 0.2) is 0 Å². The average molecular weight is 302 g/mol. The predicted octanol–water partition coefficient (Wildman–Crippen LogP) is 3.69. The second-order valence-corrected chi connectivity index (χ2v) is 6.09. The highest BCUT2D eigenvalue weighted by molar-refractivity contribution is 7.07. The molecule has 0 saturated heterocycles. The van der Waals surface area contributed by atoms with E-state index in [0.29, 0.717) is 6.54 Å². The Morgan fingerprint density at radius 3 is 2.81 bits per heavy atom. The second kappa shape index (κ2) is 7.38. The van der Waals surface area contributed by atoms with Crippen molar-refractivity contribution in [2.75, 3.05) is 18.9 Å². The Morgan fingerprint density at radius 1 is 1.33 bits per heavy atom. The van der Waals surface area contributed by atoms with E-state index in [0.717, 1.165) is 24.2 Å². The first-order valence-electron chi connectivity index (χ1n) is 7.18. The molecule has 21 heavy (non-hydrogen) atoms. The van der Waals surface area contributed by atoms with Crippen molar-refractivity contribution in [3.8, 4) is 0 Å². The average Bonchev–Trinajstić information content (AvgIpc) is 2.93. The molecule has 0 aliphatic carbocycles. The van der Waals surface area contributed by atoms with Crippen LogP contribution in [0.4, 0.5) is 5.69 Å². The van der Waals surface area contributed by atoms with Crippen LogP contribution in [0.2, 0.25) is 0 Å². The van der Waals surface area contributed by atoms with Gasteiger partial charge in [-0.05, 0) is 53.9 Å². The third kappa shape index (κ3) is 4.41. The molecule has 1 heterocycles. The van der Waals surface area contributed by atoms with Crippen molar-refractivity contribution in [3.63, 3.8) is 0 Å². The van der Waals surface area contributed by atoms with E-state index in [2.05, 4.69) is 35.1 Å². The summed E-state index contributed by atoms with van der Waals surface area (Å²) in [5.41, 5.74) is 4.52. The van der Waals surface area contributed by atoms with Crippen LogP contribution in [-0.2, 0) is 17.8 Å². The molecule has 4 heteroatoms. The Kier molecular flexibility index (Phi) is 5.53. The molecule has 1 N–H and O–H groups in total. The van der Waals surface area contributed by atoms with Crippen molar-refractivity contribution in [1.29, 1.82) is 0 Å². The maximum Gasteiger partial charge on any atom is 0.238 e. The molecule has 1 amide bonds. The summed E-state index contributed by atoms with van der Waals surface area (Å²) in [6.45, 7) is 5.33. The van der Waals surface area contributed by atoms with E-state index in [1.165, 1.54) is 11.1 Å². The van der Waals surface area contributed by atoms with Gasteiger partial charge in [0.05, 0.1) is 6.54 Å². The number of nitrogens with one attached hydrogen (secondary N) is 1. The van der Waals surface area contributed by atoms with Gasteiger partial charge in [-0.3, -0.25) is 9.69 Å². The molecule has 0 unspecified atom stereocenters. The molecule has 1 aromatic heterocycles. The summed E-state index contributed by atoms with van der Waals surface area (Å²) >= 11 is 1.68. The maximum absolute atomic E-state index is 12.2. The number of aryl methyl sites for hydroxylation is 2. The number of carbonyl (C=O) groups is 1. The molecule has 2 aromatic rings. The fraction of sp³-hybridized carbons (Fsp3) is 0.353. The number of para-hydroxylation sites is 1. The van der Waals surface area contributed by atoms with Crippen molar-refractivity contribution in [1.82, 2.24) is 4.90 Å². The summed E-state index contributed by atoms with van der Waals surface area (Å²) in [4.78, 5) is 14.3. The number of amides is 1. The lowest BCUT2D eigenvalue weighted by atomic mass is 10.1. The van der Waals surface area contributed by atoms with Crippen LogP contribution in [0.15, 0.2) is 35.0 Å². The van der Waals surface area contributed by atoms with Crippen LogP contribution in [0.25, 0.3) is 0 Å². The predicted molar refractivity (Wildman–Crippen MR) is 89.8 cm³/mol. The summed E-state index contributed by atoms with van der Waals surface area (Å²) in [7, 11) is 1.97. The Bertz CT molecular complexity index is 593. The van der Waals surface area contributed by atoms with Crippen molar-refractivity contribution in [2.45, 2.75) is 26.8 Å². The van der Waals surface area contributed by atoms with E-state index in [4.69, 9.17) is 0 Å². The zero-order valence-electron chi connectivity index (χ0n) is 12.8. The molecule has 0 spiro atoms. The second-order valence-electron chi connectivity index (χ2n) is 5.31. The summed E-state index contributed by atoms with van der Waals surface area (Å²) in [5, 5.41) is 7.24. The van der Waals surface area contributed by atoms with Crippen LogP contribution < -0.4 is 5.32 Å². The summed E-state index contributed by atoms with van der Waals surface area (Å²) in [5.74, 6) is 0.0386. The SMILES string of the molecule is CCc1cccc(C)c1NC(=O)CN(C)Cc1ccsc1. The van der Waals surface area contributed by atoms with E-state index in [1.54, 1.807) is 11.3 Å². The van der Waals surface area contributed by atoms with Gasteiger partial charge in [-0.15, -0.1) is 0 Å². The molecule has 1 aromatic carbocycles. The molecule has 0 saturated carbocycles. The number of hydrogen-bond acceptors (Lipinski definition) is 3. The van der Waals surface area contributed by atoms with Crippen LogP contribution in [0.1, 0.15) is 23.6 Å². The summed E-state index contributed by atoms with van der Waals surface area (Å²) in [6.07, 6.45) is 0.919. The van der Waals surface area contributed by atoms with Crippen LogP contribution in [0.3, 0.4) is 0 Å². The molecular formula is C17H22N2OS. The number of anilines is 1. The monoisotopic (exact) mass is 302 g/mol. The van der Waals surface area contributed by atoms with Gasteiger partial charge in [0.2, 0.25) is 5.91 Å². The highest BCUT2D eigenvalue weighted by atomic mass is 32.1. The first-order valence-corrected chi connectivity index (χ1v) is 8.12. The van der Waals surface area contributed by atoms with Gasteiger partial charge in [0.1, 0.15) is 0 Å². The van der Waals surface area contributed by atoms with Crippen LogP contribution >= 0.6 is 11.3 Å². The first-order chi connectivity index (χ1) is 10.1. The van der Waals surface area contributed by atoms with E-state index in [9.17, 15) is 4.79 Å². The minimum Gasteiger partial charge on any atom is -0.324 e. The molecule has 0 bridgehead atoms. The van der Waals surface area contributed by atoms with Crippen molar-refractivity contribution >= 4 is 22.9 Å². The van der Waals surface area contributed by atoms with Gasteiger partial charge in [-0.25, -0.2) is 0 Å². The molecule has 0 atom stereocenters. The van der Waals surface area contributed by atoms with E-state index >= 15 is 0 Å². The van der Waals surface area contributed by atoms with Gasteiger partial charge in [0.25, 0.3) is 0 Å². The first kappa shape index (κ1) is 15.7. The van der Waals surface area contributed by atoms with Crippen molar-refractivity contribution in [2.24, 2.45) is 0 Å². The van der Waals surface area contributed by atoms with Crippen LogP contribution in [-0.4, -0.2) is 24.4 Å². The van der Waals surface area contributed by atoms with Gasteiger partial charge < -0.3 is 5.32 Å². The van der Waals surface area contributed by atoms with Gasteiger partial charge >= 0.3 is 0 Å². The van der Waals surface area contributed by atoms with Crippen LogP contribution in [0.5, 0.6) is 0 Å². The van der Waals surface area contributed by atoms with Gasteiger partial charge in [-0.2, -0.15) is 11.3 Å². The third-order valence-electron chi connectivity index (χ3n) is 3.45. The Labute approximate surface area is 130 Å². The van der Waals surface area contributed by atoms with Crippen LogP contribution in [0, 0.1) is 6.92 Å². The molecular weight excluding hydrogens is 280 g/mol. The number of hydrogen-bond donors (Lipinski definition) is 1. The molecule has 0 fully saturated rings. The van der Waals surface area contributed by atoms with Crippen molar-refractivity contribution < 1.29 is 4.79 Å². The van der Waals surface area contributed by atoms with Gasteiger partial charge in [-0.1, -0.05) is 25.1 Å². The number of likely N-dealkylation sites (N-methyl/N-ethyl adjacent to an activating group) is 1. The van der Waals surface area contributed by atoms with E-state index < -0.39 is 0 Å². The molecule has 0 aliphatic heterocycles. The molecule has 0 aliphatic rings. The topological polar surface area (TPSA) is 32.3 Å². The largest absolute Gasteiger partial charge is 0.324 e. The highest BCUT2D eigenvalue weighted by Crippen LogP contribution is 2.21. The maximum atomic E-state index is 12.2. The molecule has 112 valence electrons. The number of nitrogens with zero attached hydrogens (tertiary/aromatic N) is 1. The standard InChI is InChI=1S/C17H22N2OS/c1-4-15-7-5-6-13(2)17(15)18-16(20)11-19(3)10-14-8-9-21-12-14/h5-9,12H,4,10-11H2,1-3H3,(H,18,20). The fourth-order valence-corrected chi connectivity index (χ4v) is 3.04. The van der Waals surface area contributed by atoms with E-state index in [1.807, 2.05) is 31.0 Å². The number of carbonyl (C=O) groups excluding carboxylic acids is 1. The smallest absolute Gasteiger partial charge is 0.238 e. The lowest BCUT2D eigenvalue weighted by Gasteiger charge is -2.17. The minimum atomic E-state index is 0.0386. The summed E-state index contributed by atoms with van der Waals surface area (Å²) in [6, 6.07) is 8.23. The van der Waals surface area contributed by atoms with E-state index in [-0.39, 0.29) is 5.91 Å². The number of rotatable bonds is 6. The number of thiophene rings is 1. The number of benzene rings is 1. The Balaban J connectivity index is 1.95. The molecule has 3 nitrogen and oxygen atoms in total. The minimum absolute atomic E-state index is 0.0386.